The van der Waals surface area contributed by atoms with Crippen LogP contribution in [-0.4, -0.2) is 16.2 Å². The molecule has 1 aromatic heterocycles. The average Bonchev–Trinajstić information content (AvgIpc) is 3.00. The third-order valence-electron chi connectivity index (χ3n) is 3.67. The van der Waals surface area contributed by atoms with E-state index < -0.39 is 0 Å². The minimum atomic E-state index is 0.0103. The van der Waals surface area contributed by atoms with Crippen molar-refractivity contribution in [1.82, 2.24) is 9.55 Å². The summed E-state index contributed by atoms with van der Waals surface area (Å²) in [7, 11) is 0. The van der Waals surface area contributed by atoms with Crippen molar-refractivity contribution in [2.45, 2.75) is 6.04 Å². The van der Waals surface area contributed by atoms with Crippen LogP contribution in [0.4, 0.5) is 5.95 Å². The van der Waals surface area contributed by atoms with Crippen molar-refractivity contribution in [3.05, 3.63) is 53.1 Å². The zero-order valence-electron chi connectivity index (χ0n) is 10.6. The van der Waals surface area contributed by atoms with Crippen LogP contribution in [0.5, 0.6) is 5.75 Å². The molecule has 2 N–H and O–H groups in total. The highest BCUT2D eigenvalue weighted by atomic mass is 35.5. The summed E-state index contributed by atoms with van der Waals surface area (Å²) in [4.78, 5) is 4.39. The summed E-state index contributed by atoms with van der Waals surface area (Å²) in [5.41, 5.74) is 8.87. The fourth-order valence-corrected chi connectivity index (χ4v) is 3.06. The molecule has 1 atom stereocenters. The van der Waals surface area contributed by atoms with E-state index >= 15 is 0 Å². The van der Waals surface area contributed by atoms with E-state index in [0.717, 1.165) is 22.3 Å². The number of hydrogen-bond donors (Lipinski definition) is 1. The van der Waals surface area contributed by atoms with E-state index in [1.54, 1.807) is 0 Å². The molecule has 4 rings (SSSR count). The fraction of sp³-hybridized carbons (Fsp3) is 0.133. The van der Waals surface area contributed by atoms with E-state index in [1.165, 1.54) is 0 Å². The molecule has 1 aliphatic heterocycles. The zero-order valence-corrected chi connectivity index (χ0v) is 11.3. The van der Waals surface area contributed by atoms with Gasteiger partial charge in [0.2, 0.25) is 5.95 Å². The molecule has 0 fully saturated rings. The number of halogens is 1. The number of nitrogens with two attached hydrogens (primary N) is 1. The Morgan fingerprint density at radius 3 is 2.95 bits per heavy atom. The molecule has 0 radical (unpaired) electrons. The maximum Gasteiger partial charge on any atom is 0.201 e. The molecule has 5 heteroatoms. The molecule has 0 spiro atoms. The number of fused-ring (bicyclic) bond motifs is 2. The van der Waals surface area contributed by atoms with Gasteiger partial charge in [-0.15, -0.1) is 0 Å². The smallest absolute Gasteiger partial charge is 0.201 e. The number of ether oxygens (including phenoxy) is 1. The molecule has 20 heavy (non-hydrogen) atoms. The van der Waals surface area contributed by atoms with Crippen molar-refractivity contribution in [3.8, 4) is 5.75 Å². The fourth-order valence-electron chi connectivity index (χ4n) is 2.80. The Morgan fingerprint density at radius 2 is 2.05 bits per heavy atom. The summed E-state index contributed by atoms with van der Waals surface area (Å²) < 4.78 is 7.69. The highest BCUT2D eigenvalue weighted by Crippen LogP contribution is 2.39. The number of anilines is 1. The van der Waals surface area contributed by atoms with Crippen LogP contribution < -0.4 is 10.5 Å². The van der Waals surface area contributed by atoms with Crippen LogP contribution in [0, 0.1) is 0 Å². The highest BCUT2D eigenvalue weighted by molar-refractivity contribution is 6.35. The predicted octanol–water partition coefficient (Wildman–Crippen LogP) is 3.25. The standard InChI is InChI=1S/C15H12ClN3O/c16-10-5-3-6-11-14(10)19(15(17)18-11)12-8-20-13-7-2-1-4-9(12)13/h1-7,12H,8H2,(H2,17,18). The van der Waals surface area contributed by atoms with Gasteiger partial charge in [0.05, 0.1) is 22.1 Å². The molecule has 100 valence electrons. The number of para-hydroxylation sites is 2. The van der Waals surface area contributed by atoms with Crippen LogP contribution in [0.15, 0.2) is 42.5 Å². The molecule has 0 saturated heterocycles. The van der Waals surface area contributed by atoms with Gasteiger partial charge in [-0.2, -0.15) is 0 Å². The van der Waals surface area contributed by atoms with E-state index in [9.17, 15) is 0 Å². The second-order valence-corrected chi connectivity index (χ2v) is 5.22. The Kier molecular flexibility index (Phi) is 2.41. The first-order valence-electron chi connectivity index (χ1n) is 6.39. The van der Waals surface area contributed by atoms with Gasteiger partial charge in [-0.1, -0.05) is 35.9 Å². The second-order valence-electron chi connectivity index (χ2n) is 4.81. The first-order valence-corrected chi connectivity index (χ1v) is 6.77. The van der Waals surface area contributed by atoms with E-state index in [-0.39, 0.29) is 6.04 Å². The maximum absolute atomic E-state index is 6.32. The summed E-state index contributed by atoms with van der Waals surface area (Å²) in [5, 5.41) is 0.649. The molecule has 3 aromatic rings. The number of benzene rings is 2. The normalized spacial score (nSPS) is 17.1. The van der Waals surface area contributed by atoms with Crippen LogP contribution in [0.2, 0.25) is 5.02 Å². The van der Waals surface area contributed by atoms with Crippen molar-refractivity contribution >= 4 is 28.6 Å². The number of rotatable bonds is 1. The summed E-state index contributed by atoms with van der Waals surface area (Å²) in [6.07, 6.45) is 0. The van der Waals surface area contributed by atoms with Crippen molar-refractivity contribution in [2.24, 2.45) is 0 Å². The van der Waals surface area contributed by atoms with Gasteiger partial charge in [-0.05, 0) is 18.2 Å². The van der Waals surface area contributed by atoms with Gasteiger partial charge in [0.15, 0.2) is 0 Å². The molecule has 0 amide bonds. The number of nitrogens with zero attached hydrogens (tertiary/aromatic N) is 2. The average molecular weight is 286 g/mol. The Balaban J connectivity index is 1.98. The molecule has 2 aromatic carbocycles. The van der Waals surface area contributed by atoms with Gasteiger partial charge < -0.3 is 10.5 Å². The van der Waals surface area contributed by atoms with Gasteiger partial charge in [-0.25, -0.2) is 4.98 Å². The molecular weight excluding hydrogens is 274 g/mol. The van der Waals surface area contributed by atoms with Crippen LogP contribution in [0.1, 0.15) is 11.6 Å². The third kappa shape index (κ3) is 1.51. The topological polar surface area (TPSA) is 53.1 Å². The van der Waals surface area contributed by atoms with Gasteiger partial charge in [0, 0.05) is 5.56 Å². The molecule has 1 aliphatic rings. The van der Waals surface area contributed by atoms with E-state index in [2.05, 4.69) is 11.1 Å². The molecule has 4 nitrogen and oxygen atoms in total. The maximum atomic E-state index is 6.32. The van der Waals surface area contributed by atoms with Gasteiger partial charge in [0.25, 0.3) is 0 Å². The Hall–Kier alpha value is -2.20. The minimum Gasteiger partial charge on any atom is -0.491 e. The van der Waals surface area contributed by atoms with Crippen molar-refractivity contribution in [2.75, 3.05) is 12.3 Å². The quantitative estimate of drug-likeness (QED) is 0.747. The summed E-state index contributed by atoms with van der Waals surface area (Å²) in [6, 6.07) is 13.6. The van der Waals surface area contributed by atoms with Crippen LogP contribution in [0.3, 0.4) is 0 Å². The molecule has 0 aliphatic carbocycles. The van der Waals surface area contributed by atoms with E-state index in [4.69, 9.17) is 22.1 Å². The van der Waals surface area contributed by atoms with E-state index in [0.29, 0.717) is 17.6 Å². The van der Waals surface area contributed by atoms with Crippen LogP contribution in [-0.2, 0) is 0 Å². The number of hydrogen-bond acceptors (Lipinski definition) is 3. The summed E-state index contributed by atoms with van der Waals surface area (Å²) in [6.45, 7) is 0.542. The molecule has 0 saturated carbocycles. The zero-order chi connectivity index (χ0) is 13.7. The van der Waals surface area contributed by atoms with Crippen molar-refractivity contribution in [3.63, 3.8) is 0 Å². The Bertz CT molecular complexity index is 812. The lowest BCUT2D eigenvalue weighted by molar-refractivity contribution is 0.320. The van der Waals surface area contributed by atoms with Crippen LogP contribution >= 0.6 is 11.6 Å². The van der Waals surface area contributed by atoms with Crippen molar-refractivity contribution in [1.29, 1.82) is 0 Å². The minimum absolute atomic E-state index is 0.0103. The monoisotopic (exact) mass is 285 g/mol. The summed E-state index contributed by atoms with van der Waals surface area (Å²) >= 11 is 6.32. The van der Waals surface area contributed by atoms with Gasteiger partial charge in [-0.3, -0.25) is 4.57 Å². The number of nitrogen functional groups attached to an aromatic ring is 1. The predicted molar refractivity (Wildman–Crippen MR) is 79.2 cm³/mol. The first kappa shape index (κ1) is 11.6. The van der Waals surface area contributed by atoms with Gasteiger partial charge in [0.1, 0.15) is 12.4 Å². The lowest BCUT2D eigenvalue weighted by Crippen LogP contribution is -2.14. The number of aromatic nitrogens is 2. The summed E-state index contributed by atoms with van der Waals surface area (Å²) in [5.74, 6) is 1.35. The molecule has 1 unspecified atom stereocenters. The molecular formula is C15H12ClN3O. The SMILES string of the molecule is Nc1nc2cccc(Cl)c2n1C1COc2ccccc21. The Labute approximate surface area is 120 Å². The third-order valence-corrected chi connectivity index (χ3v) is 3.98. The molecule has 2 heterocycles. The second kappa shape index (κ2) is 4.15. The van der Waals surface area contributed by atoms with Gasteiger partial charge >= 0.3 is 0 Å². The van der Waals surface area contributed by atoms with Crippen LogP contribution in [0.25, 0.3) is 11.0 Å². The highest BCUT2D eigenvalue weighted by Gasteiger charge is 2.28. The van der Waals surface area contributed by atoms with Crippen molar-refractivity contribution < 1.29 is 4.74 Å². The number of imidazole rings is 1. The molecule has 0 bridgehead atoms. The Morgan fingerprint density at radius 1 is 1.20 bits per heavy atom. The largest absolute Gasteiger partial charge is 0.491 e. The lowest BCUT2D eigenvalue weighted by Gasteiger charge is -2.14. The lowest BCUT2D eigenvalue weighted by atomic mass is 10.1. The first-order chi connectivity index (χ1) is 9.75. The van der Waals surface area contributed by atoms with E-state index in [1.807, 2.05) is 41.0 Å².